The normalized spacial score (nSPS) is 14.5. The summed E-state index contributed by atoms with van der Waals surface area (Å²) >= 11 is 5.97. The summed E-state index contributed by atoms with van der Waals surface area (Å²) in [4.78, 5) is 21.1. The second-order valence-electron chi connectivity index (χ2n) is 7.54. The van der Waals surface area contributed by atoms with E-state index in [-0.39, 0.29) is 5.91 Å². The van der Waals surface area contributed by atoms with Gasteiger partial charge in [-0.3, -0.25) is 9.52 Å². The molecule has 0 atom stereocenters. The minimum Gasteiger partial charge on any atom is -0.353 e. The Morgan fingerprint density at radius 3 is 2.27 bits per heavy atom. The number of sulfonamides is 1. The lowest BCUT2D eigenvalue weighted by Crippen LogP contribution is -2.49. The van der Waals surface area contributed by atoms with Gasteiger partial charge in [0.25, 0.3) is 15.9 Å². The highest BCUT2D eigenvalue weighted by molar-refractivity contribution is 7.95. The minimum absolute atomic E-state index is 0.0907. The predicted molar refractivity (Wildman–Crippen MR) is 132 cm³/mol. The van der Waals surface area contributed by atoms with Crippen LogP contribution < -0.4 is 9.62 Å². The number of nitrogens with one attached hydrogen (secondary N) is 1. The zero-order chi connectivity index (χ0) is 23.3. The Labute approximate surface area is 198 Å². The van der Waals surface area contributed by atoms with Crippen molar-refractivity contribution in [3.8, 4) is 0 Å². The van der Waals surface area contributed by atoms with Crippen molar-refractivity contribution in [1.82, 2.24) is 9.88 Å². The summed E-state index contributed by atoms with van der Waals surface area (Å²) in [5, 5.41) is 1.56. The van der Waals surface area contributed by atoms with Crippen LogP contribution in [0, 0.1) is 0 Å². The van der Waals surface area contributed by atoms with E-state index in [1.807, 2.05) is 42.5 Å². The number of rotatable bonds is 6. The molecule has 2 heterocycles. The third-order valence-corrected chi connectivity index (χ3v) is 6.45. The van der Waals surface area contributed by atoms with Crippen molar-refractivity contribution in [2.45, 2.75) is 0 Å². The molecule has 0 radical (unpaired) electrons. The van der Waals surface area contributed by atoms with E-state index >= 15 is 0 Å². The maximum absolute atomic E-state index is 12.9. The zero-order valence-electron chi connectivity index (χ0n) is 17.8. The van der Waals surface area contributed by atoms with Crippen molar-refractivity contribution in [1.29, 1.82) is 0 Å². The maximum Gasteiger partial charge on any atom is 0.255 e. The number of hydrogen-bond donors (Lipinski definition) is 1. The van der Waals surface area contributed by atoms with Crippen LogP contribution in [0.5, 0.6) is 0 Å². The van der Waals surface area contributed by atoms with Gasteiger partial charge < -0.3 is 9.80 Å². The molecule has 0 unspecified atom stereocenters. The molecule has 7 nitrogen and oxygen atoms in total. The highest BCUT2D eigenvalue weighted by atomic mass is 35.5. The number of pyridine rings is 1. The number of nitrogens with zero attached hydrogens (tertiary/aromatic N) is 3. The molecular formula is C24H23ClN4O3S. The lowest BCUT2D eigenvalue weighted by atomic mass is 10.1. The number of aromatic nitrogens is 1. The number of hydrogen-bond acceptors (Lipinski definition) is 5. The number of amides is 1. The number of carbonyl (C=O) groups is 1. The van der Waals surface area contributed by atoms with Gasteiger partial charge >= 0.3 is 0 Å². The minimum atomic E-state index is -3.67. The van der Waals surface area contributed by atoms with Crippen molar-refractivity contribution < 1.29 is 13.2 Å². The fraction of sp³-hybridized carbons (Fsp3) is 0.167. The molecule has 1 aliphatic rings. The Hall–Kier alpha value is -3.36. The first kappa shape index (κ1) is 22.8. The number of benzene rings is 2. The van der Waals surface area contributed by atoms with Gasteiger partial charge in [0.15, 0.2) is 0 Å². The largest absolute Gasteiger partial charge is 0.353 e. The number of carbonyl (C=O) groups excluding carboxylic acids is 1. The molecular weight excluding hydrogens is 460 g/mol. The van der Waals surface area contributed by atoms with Gasteiger partial charge in [0.05, 0.1) is 5.41 Å². The van der Waals surface area contributed by atoms with Gasteiger partial charge in [0.2, 0.25) is 0 Å². The van der Waals surface area contributed by atoms with Gasteiger partial charge in [-0.1, -0.05) is 48.0 Å². The molecule has 170 valence electrons. The van der Waals surface area contributed by atoms with E-state index in [0.717, 1.165) is 16.8 Å². The topological polar surface area (TPSA) is 82.6 Å². The second-order valence-corrected chi connectivity index (χ2v) is 9.49. The van der Waals surface area contributed by atoms with E-state index in [9.17, 15) is 13.2 Å². The van der Waals surface area contributed by atoms with Crippen LogP contribution >= 0.6 is 11.6 Å². The van der Waals surface area contributed by atoms with E-state index in [1.54, 1.807) is 35.2 Å². The number of anilines is 2. The Balaban J connectivity index is 1.34. The lowest BCUT2D eigenvalue weighted by Gasteiger charge is -2.35. The van der Waals surface area contributed by atoms with Crippen LogP contribution in [0.25, 0.3) is 6.08 Å². The Kier molecular flexibility index (Phi) is 6.96. The highest BCUT2D eigenvalue weighted by Crippen LogP contribution is 2.19. The second kappa shape index (κ2) is 10.1. The van der Waals surface area contributed by atoms with Gasteiger partial charge in [-0.25, -0.2) is 13.4 Å². The summed E-state index contributed by atoms with van der Waals surface area (Å²) in [6.07, 6.45) is 1.53. The van der Waals surface area contributed by atoms with E-state index in [1.165, 1.54) is 6.08 Å². The fourth-order valence-electron chi connectivity index (χ4n) is 3.51. The molecule has 3 aromatic rings. The van der Waals surface area contributed by atoms with Crippen molar-refractivity contribution in [3.05, 3.63) is 94.5 Å². The van der Waals surface area contributed by atoms with Crippen LogP contribution in [0.3, 0.4) is 0 Å². The van der Waals surface area contributed by atoms with Crippen LogP contribution in [0.4, 0.5) is 11.5 Å². The molecule has 1 amide bonds. The van der Waals surface area contributed by atoms with E-state index in [4.69, 9.17) is 11.6 Å². The van der Waals surface area contributed by atoms with Gasteiger partial charge in [-0.2, -0.15) is 0 Å². The number of halogens is 1. The summed E-state index contributed by atoms with van der Waals surface area (Å²) in [7, 11) is -3.67. The van der Waals surface area contributed by atoms with Crippen molar-refractivity contribution in [3.63, 3.8) is 0 Å². The van der Waals surface area contributed by atoms with Crippen LogP contribution in [0.2, 0.25) is 5.15 Å². The van der Waals surface area contributed by atoms with Gasteiger partial charge in [0.1, 0.15) is 11.0 Å². The molecule has 0 bridgehead atoms. The van der Waals surface area contributed by atoms with Crippen molar-refractivity contribution in [2.75, 3.05) is 35.8 Å². The van der Waals surface area contributed by atoms with Crippen molar-refractivity contribution in [2.24, 2.45) is 0 Å². The predicted octanol–water partition coefficient (Wildman–Crippen LogP) is 4.11. The summed E-state index contributed by atoms with van der Waals surface area (Å²) < 4.78 is 27.1. The standard InChI is InChI=1S/C24H23ClN4O3S/c25-22-7-4-8-23(26-22)28-14-16-29(17-15-28)24(30)20-9-11-21(12-10-20)27-33(31,32)18-13-19-5-2-1-3-6-19/h1-13,18,27H,14-17H2. The molecule has 4 rings (SSSR count). The van der Waals surface area contributed by atoms with Crippen LogP contribution in [-0.2, 0) is 10.0 Å². The SMILES string of the molecule is O=C(c1ccc(NS(=O)(=O)C=Cc2ccccc2)cc1)N1CCN(c2cccc(Cl)n2)CC1. The third kappa shape index (κ3) is 6.12. The molecule has 2 aromatic carbocycles. The first-order chi connectivity index (χ1) is 15.9. The van der Waals surface area contributed by atoms with Gasteiger partial charge in [0, 0.05) is 37.4 Å². The molecule has 0 saturated carbocycles. The summed E-state index contributed by atoms with van der Waals surface area (Å²) in [5.74, 6) is 0.708. The zero-order valence-corrected chi connectivity index (χ0v) is 19.3. The maximum atomic E-state index is 12.9. The molecule has 33 heavy (non-hydrogen) atoms. The molecule has 0 spiro atoms. The van der Waals surface area contributed by atoms with E-state index in [0.29, 0.717) is 42.6 Å². The average molecular weight is 483 g/mol. The number of piperazine rings is 1. The van der Waals surface area contributed by atoms with Gasteiger partial charge in [-0.05, 0) is 48.0 Å². The van der Waals surface area contributed by atoms with Gasteiger partial charge in [-0.15, -0.1) is 0 Å². The van der Waals surface area contributed by atoms with E-state index in [2.05, 4.69) is 14.6 Å². The molecule has 1 saturated heterocycles. The molecule has 9 heteroatoms. The molecule has 1 aromatic heterocycles. The van der Waals surface area contributed by atoms with E-state index < -0.39 is 10.0 Å². The highest BCUT2D eigenvalue weighted by Gasteiger charge is 2.23. The Bertz CT molecular complexity index is 1240. The molecule has 1 aliphatic heterocycles. The summed E-state index contributed by atoms with van der Waals surface area (Å²) in [5.41, 5.74) is 1.68. The Morgan fingerprint density at radius 2 is 1.61 bits per heavy atom. The Morgan fingerprint density at radius 1 is 0.909 bits per heavy atom. The summed E-state index contributed by atoms with van der Waals surface area (Å²) in [6, 6.07) is 21.1. The summed E-state index contributed by atoms with van der Waals surface area (Å²) in [6.45, 7) is 2.44. The van der Waals surface area contributed by atoms with Crippen molar-refractivity contribution >= 4 is 45.1 Å². The molecule has 1 fully saturated rings. The smallest absolute Gasteiger partial charge is 0.255 e. The fourth-order valence-corrected chi connectivity index (χ4v) is 4.53. The first-order valence-corrected chi connectivity index (χ1v) is 12.3. The molecule has 1 N–H and O–H groups in total. The molecule has 0 aliphatic carbocycles. The third-order valence-electron chi connectivity index (χ3n) is 5.22. The quantitative estimate of drug-likeness (QED) is 0.534. The van der Waals surface area contributed by atoms with Crippen LogP contribution in [0.15, 0.2) is 78.2 Å². The lowest BCUT2D eigenvalue weighted by molar-refractivity contribution is 0.0746. The van der Waals surface area contributed by atoms with Crippen LogP contribution in [-0.4, -0.2) is 50.4 Å². The average Bonchev–Trinajstić information content (AvgIpc) is 2.83. The monoisotopic (exact) mass is 482 g/mol. The van der Waals surface area contributed by atoms with Crippen LogP contribution in [0.1, 0.15) is 15.9 Å². The first-order valence-electron chi connectivity index (χ1n) is 10.4.